The van der Waals surface area contributed by atoms with Gasteiger partial charge in [-0.05, 0) is 24.1 Å². The van der Waals surface area contributed by atoms with Crippen LogP contribution in [-0.4, -0.2) is 37.0 Å². The lowest BCUT2D eigenvalue weighted by Crippen LogP contribution is -2.18. The van der Waals surface area contributed by atoms with Crippen molar-refractivity contribution >= 4 is 15.8 Å². The molecule has 0 saturated heterocycles. The quantitative estimate of drug-likeness (QED) is 0.834. The Balaban J connectivity index is 3.23. The number of aliphatic hydroxyl groups excluding tert-OH is 1. The second kappa shape index (κ2) is 5.45. The zero-order valence-electron chi connectivity index (χ0n) is 9.63. The maximum atomic E-state index is 13.4. The molecule has 1 aromatic rings. The van der Waals surface area contributed by atoms with Gasteiger partial charge in [-0.25, -0.2) is 17.6 Å². The summed E-state index contributed by atoms with van der Waals surface area (Å²) in [4.78, 5) is 10.1. The Bertz CT molecular complexity index is 553. The Labute approximate surface area is 104 Å². The van der Waals surface area contributed by atoms with Crippen LogP contribution in [-0.2, 0) is 9.84 Å². The number of hydrogen-bond donors (Lipinski definition) is 2. The highest BCUT2D eigenvalue weighted by Gasteiger charge is 2.23. The van der Waals surface area contributed by atoms with Gasteiger partial charge in [-0.2, -0.15) is 0 Å². The van der Waals surface area contributed by atoms with Gasteiger partial charge in [-0.1, -0.05) is 6.92 Å². The first kappa shape index (κ1) is 14.6. The summed E-state index contributed by atoms with van der Waals surface area (Å²) in [7, 11) is -3.96. The van der Waals surface area contributed by atoms with Crippen molar-refractivity contribution in [1.82, 2.24) is 0 Å². The number of sulfone groups is 1. The van der Waals surface area contributed by atoms with Crippen LogP contribution in [0.15, 0.2) is 23.1 Å². The number of aromatic carboxylic acids is 1. The summed E-state index contributed by atoms with van der Waals surface area (Å²) in [6, 6.07) is 2.59. The molecule has 2 N–H and O–H groups in total. The highest BCUT2D eigenvalue weighted by Crippen LogP contribution is 2.19. The first-order chi connectivity index (χ1) is 8.27. The normalized spacial score (nSPS) is 13.3. The fourth-order valence-electron chi connectivity index (χ4n) is 1.39. The van der Waals surface area contributed by atoms with E-state index >= 15 is 0 Å². The highest BCUT2D eigenvalue weighted by molar-refractivity contribution is 7.91. The van der Waals surface area contributed by atoms with Crippen molar-refractivity contribution in [1.29, 1.82) is 0 Å². The predicted octanol–water partition coefficient (Wildman–Crippen LogP) is 0.926. The molecule has 0 aliphatic heterocycles. The number of carbonyl (C=O) groups is 1. The molecular weight excluding hydrogens is 263 g/mol. The van der Waals surface area contributed by atoms with Crippen LogP contribution in [0.4, 0.5) is 4.39 Å². The van der Waals surface area contributed by atoms with E-state index in [0.717, 1.165) is 18.2 Å². The van der Waals surface area contributed by atoms with Crippen LogP contribution in [0.1, 0.15) is 17.3 Å². The molecule has 1 unspecified atom stereocenters. The summed E-state index contributed by atoms with van der Waals surface area (Å²) in [5.74, 6) is -3.32. The second-order valence-corrected chi connectivity index (χ2v) is 6.02. The van der Waals surface area contributed by atoms with E-state index in [-0.39, 0.29) is 12.2 Å². The first-order valence-electron chi connectivity index (χ1n) is 5.14. The third kappa shape index (κ3) is 3.27. The standard InChI is InChI=1S/C11H13FO5S/c1-7(5-13)6-18(16,17)10-4-8(11(14)15)2-3-9(10)12/h2-4,7,13H,5-6H2,1H3,(H,14,15). The second-order valence-electron chi connectivity index (χ2n) is 4.02. The van der Waals surface area contributed by atoms with Crippen molar-refractivity contribution in [2.24, 2.45) is 5.92 Å². The average molecular weight is 276 g/mol. The molecule has 0 aliphatic carbocycles. The molecule has 5 nitrogen and oxygen atoms in total. The molecule has 0 amide bonds. The van der Waals surface area contributed by atoms with E-state index in [0.29, 0.717) is 0 Å². The van der Waals surface area contributed by atoms with Gasteiger partial charge in [0.1, 0.15) is 10.7 Å². The predicted molar refractivity (Wildman–Crippen MR) is 61.7 cm³/mol. The van der Waals surface area contributed by atoms with Gasteiger partial charge in [0.25, 0.3) is 0 Å². The number of benzene rings is 1. The third-order valence-corrected chi connectivity index (χ3v) is 4.32. The fourth-order valence-corrected chi connectivity index (χ4v) is 3.10. The molecule has 18 heavy (non-hydrogen) atoms. The number of carboxylic acid groups (broad SMARTS) is 1. The van der Waals surface area contributed by atoms with E-state index in [4.69, 9.17) is 10.2 Å². The van der Waals surface area contributed by atoms with Crippen molar-refractivity contribution in [3.63, 3.8) is 0 Å². The molecule has 0 aliphatic rings. The maximum absolute atomic E-state index is 13.4. The molecular formula is C11H13FO5S. The lowest BCUT2D eigenvalue weighted by atomic mass is 10.2. The summed E-state index contributed by atoms with van der Waals surface area (Å²) in [5, 5.41) is 17.5. The van der Waals surface area contributed by atoms with Crippen LogP contribution in [0.2, 0.25) is 0 Å². The molecule has 0 heterocycles. The van der Waals surface area contributed by atoms with Crippen molar-refractivity contribution in [3.05, 3.63) is 29.6 Å². The number of aliphatic hydroxyl groups is 1. The molecule has 7 heteroatoms. The van der Waals surface area contributed by atoms with E-state index < -0.39 is 38.2 Å². The van der Waals surface area contributed by atoms with E-state index in [1.165, 1.54) is 6.92 Å². The van der Waals surface area contributed by atoms with Gasteiger partial charge in [0, 0.05) is 6.61 Å². The van der Waals surface area contributed by atoms with Crippen LogP contribution >= 0.6 is 0 Å². The van der Waals surface area contributed by atoms with E-state index in [1.54, 1.807) is 0 Å². The average Bonchev–Trinajstić information content (AvgIpc) is 2.28. The molecule has 0 radical (unpaired) electrons. The van der Waals surface area contributed by atoms with Gasteiger partial charge >= 0.3 is 5.97 Å². The topological polar surface area (TPSA) is 91.7 Å². The van der Waals surface area contributed by atoms with Crippen molar-refractivity contribution in [3.8, 4) is 0 Å². The first-order valence-corrected chi connectivity index (χ1v) is 6.79. The summed E-state index contributed by atoms with van der Waals surface area (Å²) in [6.45, 7) is 1.15. The Morgan fingerprint density at radius 2 is 2.06 bits per heavy atom. The number of rotatable bonds is 5. The van der Waals surface area contributed by atoms with Crippen LogP contribution in [0.25, 0.3) is 0 Å². The van der Waals surface area contributed by atoms with E-state index in [9.17, 15) is 17.6 Å². The van der Waals surface area contributed by atoms with Gasteiger partial charge in [-0.3, -0.25) is 0 Å². The lowest BCUT2D eigenvalue weighted by molar-refractivity contribution is 0.0696. The van der Waals surface area contributed by atoms with Crippen molar-refractivity contribution in [2.75, 3.05) is 12.4 Å². The zero-order valence-corrected chi connectivity index (χ0v) is 10.4. The van der Waals surface area contributed by atoms with Crippen molar-refractivity contribution < 1.29 is 27.8 Å². The summed E-state index contributed by atoms with van der Waals surface area (Å²) >= 11 is 0. The minimum Gasteiger partial charge on any atom is -0.478 e. The van der Waals surface area contributed by atoms with Crippen LogP contribution < -0.4 is 0 Å². The lowest BCUT2D eigenvalue weighted by Gasteiger charge is -2.10. The summed E-state index contributed by atoms with van der Waals surface area (Å²) < 4.78 is 37.2. The van der Waals surface area contributed by atoms with Crippen LogP contribution in [0.3, 0.4) is 0 Å². The van der Waals surface area contributed by atoms with E-state index in [2.05, 4.69) is 0 Å². The smallest absolute Gasteiger partial charge is 0.335 e. The minimum absolute atomic E-state index is 0.299. The zero-order chi connectivity index (χ0) is 13.9. The maximum Gasteiger partial charge on any atom is 0.335 e. The Hall–Kier alpha value is -1.47. The molecule has 0 bridgehead atoms. The van der Waals surface area contributed by atoms with Gasteiger partial charge in [-0.15, -0.1) is 0 Å². The highest BCUT2D eigenvalue weighted by atomic mass is 32.2. The minimum atomic E-state index is -3.96. The Morgan fingerprint density at radius 3 is 2.56 bits per heavy atom. The molecule has 0 fully saturated rings. The van der Waals surface area contributed by atoms with Gasteiger partial charge in [0.15, 0.2) is 9.84 Å². The van der Waals surface area contributed by atoms with Gasteiger partial charge < -0.3 is 10.2 Å². The van der Waals surface area contributed by atoms with Gasteiger partial charge in [0.2, 0.25) is 0 Å². The molecule has 1 aromatic carbocycles. The van der Waals surface area contributed by atoms with Crippen LogP contribution in [0.5, 0.6) is 0 Å². The number of halogens is 1. The molecule has 0 spiro atoms. The molecule has 100 valence electrons. The Morgan fingerprint density at radius 1 is 1.44 bits per heavy atom. The summed E-state index contributed by atoms with van der Waals surface area (Å²) in [6.07, 6.45) is 0. The fraction of sp³-hybridized carbons (Fsp3) is 0.364. The number of hydrogen-bond acceptors (Lipinski definition) is 4. The van der Waals surface area contributed by atoms with Gasteiger partial charge in [0.05, 0.1) is 11.3 Å². The summed E-state index contributed by atoms with van der Waals surface area (Å²) in [5.41, 5.74) is -0.299. The third-order valence-electron chi connectivity index (χ3n) is 2.33. The monoisotopic (exact) mass is 276 g/mol. The van der Waals surface area contributed by atoms with Crippen LogP contribution in [0, 0.1) is 11.7 Å². The largest absolute Gasteiger partial charge is 0.478 e. The van der Waals surface area contributed by atoms with E-state index in [1.807, 2.05) is 0 Å². The molecule has 1 rings (SSSR count). The number of carboxylic acids is 1. The van der Waals surface area contributed by atoms with Crippen molar-refractivity contribution in [2.45, 2.75) is 11.8 Å². The molecule has 0 saturated carbocycles. The SMILES string of the molecule is CC(CO)CS(=O)(=O)c1cc(C(=O)O)ccc1F. The molecule has 0 aromatic heterocycles. The Kier molecular flexibility index (Phi) is 4.42. The molecule has 1 atom stereocenters.